The second-order valence-corrected chi connectivity index (χ2v) is 34.2. The molecule has 18 rings (SSSR count). The topological polar surface area (TPSA) is 304 Å². The van der Waals surface area contributed by atoms with Crippen LogP contribution in [0.2, 0.25) is 0 Å². The highest BCUT2D eigenvalue weighted by atomic mass is 32.2. The number of fused-ring (bicyclic) bond motifs is 15. The van der Waals surface area contributed by atoms with Gasteiger partial charge in [-0.05, 0) is 176 Å². The van der Waals surface area contributed by atoms with Crippen molar-refractivity contribution in [3.05, 3.63) is 244 Å². The number of benzene rings is 3. The largest absolute Gasteiger partial charge is 0.356 e. The Morgan fingerprint density at radius 1 is 0.509 bits per heavy atom. The molecular formula is C86H81F6N19O4S. The number of hydrogen-bond acceptors (Lipinski definition) is 20. The van der Waals surface area contributed by atoms with Crippen LogP contribution in [0.15, 0.2) is 147 Å². The second kappa shape index (κ2) is 29.4. The molecule has 23 nitrogen and oxygen atoms in total. The second-order valence-electron chi connectivity index (χ2n) is 32.5. The van der Waals surface area contributed by atoms with Crippen molar-refractivity contribution in [3.8, 4) is 67.5 Å². The third kappa shape index (κ3) is 12.9. The van der Waals surface area contributed by atoms with Gasteiger partial charge in [0, 0.05) is 79.1 Å². The Balaban J connectivity index is 0.000000131. The van der Waals surface area contributed by atoms with Crippen molar-refractivity contribution in [2.75, 3.05) is 17.5 Å². The van der Waals surface area contributed by atoms with E-state index in [1.807, 2.05) is 13.1 Å². The Morgan fingerprint density at radius 2 is 0.914 bits per heavy atom. The van der Waals surface area contributed by atoms with E-state index in [9.17, 15) is 44.3 Å². The summed E-state index contributed by atoms with van der Waals surface area (Å²) in [5, 5.41) is 33.9. The van der Waals surface area contributed by atoms with Crippen molar-refractivity contribution in [1.82, 2.24) is 90.5 Å². The standard InChI is InChI=1S/C30H31F2N7O.C28H26F2N6O2S.C28H24F2N6O/c1-4-11-34-26(40)9-12-39-17-18(14-35-39)24-15-33-16-25(36-24)30-10-8-20(29(30,2)3)19-13-23(37-38-28(19)30)27-21(31)6-5-7-22(27)32;1-15-16(8-9-24(32-15)36-39(4,37)38)22-13-31-14-23(33-22)28-11-10-18(27(28,2)3)17-12-21(34-35-26(17)28)25-19(29)6-5-7-20(25)30;1-15(37)9-24-32-11-16(12-33-24)22-13-31-14-23(34-22)28-8-7-18(27(28,2)3)17-10-21(35-36-26(17)28)25-19(29)5-4-6-20(25)30/h5-7,13-17,20H,4,8-12H2,1-3H3,(H,34,40);5-9,12-14,18H,10-11H2,1-4H3,(H,32,36);4-6,10-14,18H,7-9H2,1-3H3/t20-,30-;2*18-,28-/m000/s1. The summed E-state index contributed by atoms with van der Waals surface area (Å²) in [6.07, 6.45) is 24.8. The maximum absolute atomic E-state index is 14.6. The highest BCUT2D eigenvalue weighted by molar-refractivity contribution is 7.92. The van der Waals surface area contributed by atoms with Gasteiger partial charge >= 0.3 is 0 Å². The number of nitrogens with zero attached hydrogens (tertiary/aromatic N) is 17. The summed E-state index contributed by atoms with van der Waals surface area (Å²) >= 11 is 0. The van der Waals surface area contributed by atoms with Gasteiger partial charge in [-0.15, -0.1) is 15.3 Å². The molecule has 6 aliphatic rings. The van der Waals surface area contributed by atoms with Crippen molar-refractivity contribution in [3.63, 3.8) is 0 Å². The van der Waals surface area contributed by atoms with Crippen LogP contribution in [-0.4, -0.2) is 118 Å². The van der Waals surface area contributed by atoms with Gasteiger partial charge in [-0.2, -0.15) is 20.4 Å². The first kappa shape index (κ1) is 78.0. The average Bonchev–Trinajstić information content (AvgIpc) is 1.53. The van der Waals surface area contributed by atoms with E-state index in [1.165, 1.54) is 61.5 Å². The predicted molar refractivity (Wildman–Crippen MR) is 419 cm³/mol. The van der Waals surface area contributed by atoms with Crippen LogP contribution in [0.3, 0.4) is 0 Å². The van der Waals surface area contributed by atoms with Crippen LogP contribution in [-0.2, 0) is 48.8 Å². The van der Waals surface area contributed by atoms with Crippen LogP contribution >= 0.6 is 0 Å². The van der Waals surface area contributed by atoms with Crippen LogP contribution in [0, 0.1) is 58.1 Å². The molecule has 9 heterocycles. The van der Waals surface area contributed by atoms with Crippen LogP contribution in [0.25, 0.3) is 67.5 Å². The molecule has 3 aromatic carbocycles. The number of pyridine rings is 1. The smallest absolute Gasteiger partial charge is 0.230 e. The fraction of sp³-hybridized carbons (Fsp3) is 0.349. The fourth-order valence-electron chi connectivity index (χ4n) is 19.5. The summed E-state index contributed by atoms with van der Waals surface area (Å²) in [6.45, 7) is 19.5. The normalized spacial score (nSPS) is 20.9. The number of hydrogen-bond donors (Lipinski definition) is 2. The molecule has 0 saturated heterocycles. The lowest BCUT2D eigenvalue weighted by Crippen LogP contribution is -2.38. The van der Waals surface area contributed by atoms with Crippen LogP contribution < -0.4 is 10.0 Å². The number of carbonyl (C=O) groups is 2. The number of ketones is 1. The summed E-state index contributed by atoms with van der Waals surface area (Å²) in [4.78, 5) is 65.0. The molecule has 6 bridgehead atoms. The Morgan fingerprint density at radius 3 is 1.31 bits per heavy atom. The van der Waals surface area contributed by atoms with Gasteiger partial charge in [-0.1, -0.05) is 66.7 Å². The molecule has 116 heavy (non-hydrogen) atoms. The van der Waals surface area contributed by atoms with Gasteiger partial charge in [0.05, 0.1) is 139 Å². The van der Waals surface area contributed by atoms with Crippen molar-refractivity contribution in [2.24, 2.45) is 16.2 Å². The van der Waals surface area contributed by atoms with Gasteiger partial charge in [0.25, 0.3) is 0 Å². The first-order valence-electron chi connectivity index (χ1n) is 38.4. The number of sulfonamides is 1. The number of carbonyl (C=O) groups excluding carboxylic acids is 2. The van der Waals surface area contributed by atoms with E-state index in [0.717, 1.165) is 113 Å². The quantitative estimate of drug-likeness (QED) is 0.0754. The molecule has 12 aromatic rings. The zero-order chi connectivity index (χ0) is 81.8. The monoisotopic (exact) mass is 1590 g/mol. The van der Waals surface area contributed by atoms with Crippen molar-refractivity contribution >= 4 is 27.5 Å². The van der Waals surface area contributed by atoms with Crippen LogP contribution in [0.1, 0.15) is 187 Å². The van der Waals surface area contributed by atoms with Gasteiger partial charge in [0.15, 0.2) is 0 Å². The van der Waals surface area contributed by atoms with Crippen molar-refractivity contribution in [1.29, 1.82) is 0 Å². The highest BCUT2D eigenvalue weighted by Gasteiger charge is 2.68. The molecule has 6 aliphatic carbocycles. The number of aryl methyl sites for hydroxylation is 2. The highest BCUT2D eigenvalue weighted by Crippen LogP contribution is 2.72. The third-order valence-electron chi connectivity index (χ3n) is 25.1. The minimum absolute atomic E-state index is 0.000264. The Hall–Kier alpha value is -12.0. The Labute approximate surface area is 665 Å². The maximum Gasteiger partial charge on any atom is 0.230 e. The number of nitrogens with one attached hydrogen (secondary N) is 2. The number of amides is 1. The molecule has 3 fully saturated rings. The van der Waals surface area contributed by atoms with E-state index in [-0.39, 0.29) is 91.7 Å². The van der Waals surface area contributed by atoms with E-state index in [0.29, 0.717) is 53.7 Å². The van der Waals surface area contributed by atoms with Gasteiger partial charge in [-0.25, -0.2) is 64.7 Å². The molecule has 0 spiro atoms. The minimum Gasteiger partial charge on any atom is -0.356 e. The SMILES string of the molecule is CC(=O)Cc1ncc(-c2cncc([C@@]34CC[C@@H](c5cc(-c6c(F)cccc6F)nnc53)C4(C)C)n2)cn1.CCCNC(=O)CCn1cc(-c2cncc([C@@]34CC[C@@H](c5cc(-c6c(F)cccc6F)nnc53)C4(C)C)n2)cn1.Cc1nc(NS(C)(=O)=O)ccc1-c1cncc([C@@]23CC[C@@H](c4cc(-c5c(F)cccc5F)nnc42)C3(C)C)n1. The first-order valence-corrected chi connectivity index (χ1v) is 40.3. The zero-order valence-electron chi connectivity index (χ0n) is 65.3. The van der Waals surface area contributed by atoms with Gasteiger partial charge < -0.3 is 5.32 Å². The molecule has 3 saturated carbocycles. The van der Waals surface area contributed by atoms with Gasteiger partial charge in [0.2, 0.25) is 15.9 Å². The molecular weight excluding hydrogens is 1510 g/mol. The number of rotatable bonds is 18. The summed E-state index contributed by atoms with van der Waals surface area (Å²) in [6, 6.07) is 20.1. The number of anilines is 1. The summed E-state index contributed by atoms with van der Waals surface area (Å²) in [5.41, 5.74) is 9.75. The summed E-state index contributed by atoms with van der Waals surface area (Å²) in [5.74, 6) is -2.96. The lowest BCUT2D eigenvalue weighted by atomic mass is 9.66. The molecule has 0 unspecified atom stereocenters. The molecule has 0 aliphatic heterocycles. The van der Waals surface area contributed by atoms with E-state index in [4.69, 9.17) is 15.0 Å². The van der Waals surface area contributed by atoms with Gasteiger partial charge in [-0.3, -0.25) is 33.9 Å². The maximum atomic E-state index is 14.6. The van der Waals surface area contributed by atoms with E-state index >= 15 is 0 Å². The molecule has 9 aromatic heterocycles. The minimum atomic E-state index is -3.46. The van der Waals surface area contributed by atoms with E-state index in [2.05, 4.69) is 117 Å². The van der Waals surface area contributed by atoms with Crippen LogP contribution in [0.4, 0.5) is 32.2 Å². The number of halogens is 6. The summed E-state index contributed by atoms with van der Waals surface area (Å²) in [7, 11) is -3.46. The molecule has 2 N–H and O–H groups in total. The lowest BCUT2D eigenvalue weighted by molar-refractivity contribution is -0.121. The zero-order valence-corrected chi connectivity index (χ0v) is 66.1. The van der Waals surface area contributed by atoms with Crippen molar-refractivity contribution < 1.29 is 44.3 Å². The number of Topliss-reactive ketones (excluding diaryl/α,β-unsaturated/α-hetero) is 1. The predicted octanol–water partition coefficient (Wildman–Crippen LogP) is 15.4. The molecule has 1 amide bonds. The molecule has 6 atom stereocenters. The molecule has 30 heteroatoms. The lowest BCUT2D eigenvalue weighted by Gasteiger charge is -2.37. The Bertz CT molecular complexity index is 6010. The molecule has 0 radical (unpaired) electrons. The van der Waals surface area contributed by atoms with E-state index in [1.54, 1.807) is 97.7 Å². The molecule has 592 valence electrons. The first-order chi connectivity index (χ1) is 55.4. The number of aromatic nitrogens is 17. The van der Waals surface area contributed by atoms with E-state index < -0.39 is 61.2 Å². The van der Waals surface area contributed by atoms with Gasteiger partial charge in [0.1, 0.15) is 52.3 Å². The Kier molecular flexibility index (Phi) is 19.8. The van der Waals surface area contributed by atoms with Crippen LogP contribution in [0.5, 0.6) is 0 Å². The fourth-order valence-corrected chi connectivity index (χ4v) is 20.0. The third-order valence-corrected chi connectivity index (χ3v) is 25.7. The summed E-state index contributed by atoms with van der Waals surface area (Å²) < 4.78 is 115. The average molecular weight is 1590 g/mol. The van der Waals surface area contributed by atoms with Crippen molar-refractivity contribution in [2.45, 2.75) is 161 Å².